The van der Waals surface area contributed by atoms with Crippen molar-refractivity contribution in [3.05, 3.63) is 75.3 Å². The lowest BCUT2D eigenvalue weighted by Crippen LogP contribution is -2.29. The summed E-state index contributed by atoms with van der Waals surface area (Å²) < 4.78 is 21.8. The number of amides is 1. The molecule has 4 rings (SSSR count). The molecule has 0 atom stereocenters. The summed E-state index contributed by atoms with van der Waals surface area (Å²) >= 11 is 6.59. The molecule has 0 unspecified atom stereocenters. The topological polar surface area (TPSA) is 63.9 Å². The lowest BCUT2D eigenvalue weighted by atomic mass is 10.1. The van der Waals surface area contributed by atoms with Crippen molar-refractivity contribution in [2.45, 2.75) is 45.4 Å². The minimum Gasteiger partial charge on any atom is -0.435 e. The van der Waals surface area contributed by atoms with Gasteiger partial charge in [0.05, 0.1) is 4.91 Å². The van der Waals surface area contributed by atoms with Crippen LogP contribution in [0.2, 0.25) is 0 Å². The molecule has 0 saturated carbocycles. The van der Waals surface area contributed by atoms with Crippen LogP contribution in [-0.2, 0) is 4.79 Å². The zero-order valence-corrected chi connectivity index (χ0v) is 21.0. The highest BCUT2D eigenvalue weighted by atomic mass is 32.2. The summed E-state index contributed by atoms with van der Waals surface area (Å²) in [6.45, 7) is 2.72. The number of nitrogens with zero attached hydrogens (tertiary/aromatic N) is 3. The maximum atomic E-state index is 14.3. The molecule has 3 aromatic rings. The van der Waals surface area contributed by atoms with Crippen LogP contribution in [0.1, 0.15) is 51.0 Å². The van der Waals surface area contributed by atoms with E-state index in [1.165, 1.54) is 41.9 Å². The van der Waals surface area contributed by atoms with Crippen LogP contribution in [0.3, 0.4) is 0 Å². The van der Waals surface area contributed by atoms with Gasteiger partial charge in [-0.25, -0.2) is 4.39 Å². The van der Waals surface area contributed by atoms with Gasteiger partial charge < -0.3 is 4.74 Å². The number of pyridine rings is 1. The van der Waals surface area contributed by atoms with E-state index in [4.69, 9.17) is 17.0 Å². The van der Waals surface area contributed by atoms with E-state index in [0.717, 1.165) is 31.0 Å². The molecule has 2 aromatic heterocycles. The molecule has 182 valence electrons. The average molecular weight is 512 g/mol. The molecule has 0 spiro atoms. The van der Waals surface area contributed by atoms with Crippen LogP contribution in [0.25, 0.3) is 11.7 Å². The molecule has 1 amide bonds. The summed E-state index contributed by atoms with van der Waals surface area (Å²) in [7, 11) is 0. The SMILES string of the molecule is CCCCCCCCN1C(=O)/C(=C\c2c(Oc3ccccc3F)nc3ccccn3c2=O)SC1=S. The van der Waals surface area contributed by atoms with Crippen LogP contribution in [0.5, 0.6) is 11.6 Å². The second-order valence-corrected chi connectivity index (χ2v) is 9.87. The number of hydrogen-bond donors (Lipinski definition) is 0. The van der Waals surface area contributed by atoms with E-state index < -0.39 is 11.4 Å². The zero-order valence-electron chi connectivity index (χ0n) is 19.4. The van der Waals surface area contributed by atoms with Gasteiger partial charge in [-0.05, 0) is 36.8 Å². The Balaban J connectivity index is 1.63. The fourth-order valence-electron chi connectivity index (χ4n) is 3.79. The number of rotatable bonds is 10. The Kier molecular flexibility index (Phi) is 8.30. The predicted octanol–water partition coefficient (Wildman–Crippen LogP) is 6.19. The van der Waals surface area contributed by atoms with Crippen LogP contribution in [-0.4, -0.2) is 31.1 Å². The third-order valence-electron chi connectivity index (χ3n) is 5.66. The zero-order chi connectivity index (χ0) is 24.8. The molecule has 1 saturated heterocycles. The number of aromatic nitrogens is 2. The first-order valence-corrected chi connectivity index (χ1v) is 12.9. The van der Waals surface area contributed by atoms with Gasteiger partial charge >= 0.3 is 0 Å². The van der Waals surface area contributed by atoms with Gasteiger partial charge in [0.1, 0.15) is 15.5 Å². The molecule has 1 fully saturated rings. The van der Waals surface area contributed by atoms with Gasteiger partial charge in [-0.2, -0.15) is 4.98 Å². The van der Waals surface area contributed by atoms with Gasteiger partial charge in [0.15, 0.2) is 11.6 Å². The van der Waals surface area contributed by atoms with Gasteiger partial charge in [0, 0.05) is 12.7 Å². The number of halogens is 1. The standard InChI is InChI=1S/C26H26FN3O3S2/c1-2-3-4-5-6-10-16-30-25(32)21(35-26(30)34)17-18-23(33-20-13-8-7-12-19(20)27)28-22-14-9-11-15-29(22)24(18)31/h7-9,11-15,17H,2-6,10,16H2,1H3/b21-17+. The molecule has 0 radical (unpaired) electrons. The fraction of sp³-hybridized carbons (Fsp3) is 0.308. The van der Waals surface area contributed by atoms with E-state index in [1.54, 1.807) is 41.4 Å². The van der Waals surface area contributed by atoms with Crippen molar-refractivity contribution in [2.75, 3.05) is 6.54 Å². The molecule has 0 bridgehead atoms. The van der Waals surface area contributed by atoms with Crippen molar-refractivity contribution in [3.8, 4) is 11.6 Å². The van der Waals surface area contributed by atoms with Crippen molar-refractivity contribution in [3.63, 3.8) is 0 Å². The van der Waals surface area contributed by atoms with E-state index in [-0.39, 0.29) is 23.1 Å². The maximum Gasteiger partial charge on any atom is 0.269 e. The monoisotopic (exact) mass is 511 g/mol. The first-order valence-electron chi connectivity index (χ1n) is 11.7. The van der Waals surface area contributed by atoms with Crippen molar-refractivity contribution in [1.82, 2.24) is 14.3 Å². The van der Waals surface area contributed by atoms with Gasteiger partial charge in [-0.3, -0.25) is 18.9 Å². The summed E-state index contributed by atoms with van der Waals surface area (Å²) in [6.07, 6.45) is 9.66. The molecular formula is C26H26FN3O3S2. The molecule has 9 heteroatoms. The molecule has 6 nitrogen and oxygen atoms in total. The normalized spacial score (nSPS) is 14.9. The Labute approximate surface area is 212 Å². The average Bonchev–Trinajstić information content (AvgIpc) is 3.12. The van der Waals surface area contributed by atoms with Crippen molar-refractivity contribution in [2.24, 2.45) is 0 Å². The molecule has 3 heterocycles. The molecule has 0 aliphatic carbocycles. The highest BCUT2D eigenvalue weighted by molar-refractivity contribution is 8.26. The first kappa shape index (κ1) is 25.1. The smallest absolute Gasteiger partial charge is 0.269 e. The van der Waals surface area contributed by atoms with E-state index in [2.05, 4.69) is 11.9 Å². The Hall–Kier alpha value is -3.04. The molecule has 1 aliphatic rings. The van der Waals surface area contributed by atoms with Crippen LogP contribution in [0, 0.1) is 5.82 Å². The number of carbonyl (C=O) groups is 1. The second-order valence-electron chi connectivity index (χ2n) is 8.20. The van der Waals surface area contributed by atoms with Crippen LogP contribution < -0.4 is 10.3 Å². The number of para-hydroxylation sites is 1. The van der Waals surface area contributed by atoms with Crippen molar-refractivity contribution in [1.29, 1.82) is 0 Å². The molecule has 35 heavy (non-hydrogen) atoms. The van der Waals surface area contributed by atoms with Crippen molar-refractivity contribution < 1.29 is 13.9 Å². The Morgan fingerprint density at radius 3 is 2.60 bits per heavy atom. The van der Waals surface area contributed by atoms with Crippen molar-refractivity contribution >= 4 is 45.9 Å². The number of fused-ring (bicyclic) bond motifs is 1. The summed E-state index contributed by atoms with van der Waals surface area (Å²) in [6, 6.07) is 11.0. The maximum absolute atomic E-state index is 14.3. The predicted molar refractivity (Wildman–Crippen MR) is 141 cm³/mol. The Morgan fingerprint density at radius 1 is 1.06 bits per heavy atom. The van der Waals surface area contributed by atoms with Gasteiger partial charge in [0.25, 0.3) is 11.5 Å². The largest absolute Gasteiger partial charge is 0.435 e. The summed E-state index contributed by atoms with van der Waals surface area (Å²) in [5.74, 6) is -0.973. The third kappa shape index (κ3) is 5.79. The minimum absolute atomic E-state index is 0.0528. The highest BCUT2D eigenvalue weighted by Crippen LogP contribution is 2.34. The number of thioether (sulfide) groups is 1. The highest BCUT2D eigenvalue weighted by Gasteiger charge is 2.32. The molecule has 1 aliphatic heterocycles. The number of unbranched alkanes of at least 4 members (excludes halogenated alkanes) is 5. The summed E-state index contributed by atoms with van der Waals surface area (Å²) in [5.41, 5.74) is -0.0308. The van der Waals surface area contributed by atoms with E-state index in [9.17, 15) is 14.0 Å². The van der Waals surface area contributed by atoms with E-state index >= 15 is 0 Å². The van der Waals surface area contributed by atoms with E-state index in [1.807, 2.05) is 0 Å². The number of ether oxygens (including phenoxy) is 1. The number of benzene rings is 1. The lowest BCUT2D eigenvalue weighted by Gasteiger charge is -2.14. The van der Waals surface area contributed by atoms with E-state index in [0.29, 0.717) is 21.4 Å². The number of hydrogen-bond acceptors (Lipinski definition) is 6. The molecular weight excluding hydrogens is 485 g/mol. The Morgan fingerprint density at radius 2 is 1.80 bits per heavy atom. The van der Waals surface area contributed by atoms with Gasteiger partial charge in [-0.1, -0.05) is 81.2 Å². The fourth-order valence-corrected chi connectivity index (χ4v) is 5.08. The number of thiocarbonyl (C=S) groups is 1. The lowest BCUT2D eigenvalue weighted by molar-refractivity contribution is -0.122. The first-order chi connectivity index (χ1) is 17.0. The van der Waals surface area contributed by atoms with Crippen LogP contribution >= 0.6 is 24.0 Å². The van der Waals surface area contributed by atoms with Crippen LogP contribution in [0.15, 0.2) is 58.4 Å². The summed E-state index contributed by atoms with van der Waals surface area (Å²) in [4.78, 5) is 32.7. The third-order valence-corrected chi connectivity index (χ3v) is 7.04. The van der Waals surface area contributed by atoms with Gasteiger partial charge in [0.2, 0.25) is 5.88 Å². The molecule has 0 N–H and O–H groups in total. The minimum atomic E-state index is -0.584. The van der Waals surface area contributed by atoms with Gasteiger partial charge in [-0.15, -0.1) is 0 Å². The Bertz CT molecular complexity index is 1340. The van der Waals surface area contributed by atoms with Crippen LogP contribution in [0.4, 0.5) is 4.39 Å². The quantitative estimate of drug-likeness (QED) is 0.184. The molecule has 1 aromatic carbocycles. The number of carbonyl (C=O) groups excluding carboxylic acids is 1. The second kappa shape index (κ2) is 11.6. The summed E-state index contributed by atoms with van der Waals surface area (Å²) in [5, 5.41) is 0.